The Labute approximate surface area is 124 Å². The summed E-state index contributed by atoms with van der Waals surface area (Å²) in [5, 5.41) is 0. The fourth-order valence-electron chi connectivity index (χ4n) is 2.80. The normalized spacial score (nSPS) is 15.7. The lowest BCUT2D eigenvalue weighted by molar-refractivity contribution is 0.0665. The van der Waals surface area contributed by atoms with Crippen LogP contribution in [-0.2, 0) is 0 Å². The molecule has 0 N–H and O–H groups in total. The lowest BCUT2D eigenvalue weighted by Gasteiger charge is -2.30. The second-order valence-electron chi connectivity index (χ2n) is 6.08. The molecule has 1 fully saturated rings. The Morgan fingerprint density at radius 2 is 2.05 bits per heavy atom. The van der Waals surface area contributed by atoms with Crippen LogP contribution in [0.5, 0.6) is 0 Å². The number of amides is 1. The van der Waals surface area contributed by atoms with E-state index in [1.54, 1.807) is 4.90 Å². The van der Waals surface area contributed by atoms with Gasteiger partial charge in [-0.2, -0.15) is 4.39 Å². The predicted octanol–water partition coefficient (Wildman–Crippen LogP) is 3.79. The molecule has 0 unspecified atom stereocenters. The van der Waals surface area contributed by atoms with Crippen molar-refractivity contribution in [3.63, 3.8) is 0 Å². The van der Waals surface area contributed by atoms with E-state index in [-0.39, 0.29) is 11.6 Å². The van der Waals surface area contributed by atoms with E-state index in [9.17, 15) is 13.6 Å². The van der Waals surface area contributed by atoms with Crippen LogP contribution in [0.3, 0.4) is 0 Å². The van der Waals surface area contributed by atoms with Gasteiger partial charge in [0.15, 0.2) is 5.82 Å². The number of carbonyl (C=O) groups excluding carboxylic acids is 1. The first-order valence-electron chi connectivity index (χ1n) is 7.61. The molecule has 0 bridgehead atoms. The number of hydrogen-bond acceptors (Lipinski definition) is 2. The summed E-state index contributed by atoms with van der Waals surface area (Å²) in [6.07, 6.45) is 6.06. The van der Waals surface area contributed by atoms with E-state index in [4.69, 9.17) is 0 Å². The Kier molecular flexibility index (Phi) is 5.26. The van der Waals surface area contributed by atoms with Gasteiger partial charge < -0.3 is 4.90 Å². The molecule has 1 heterocycles. The molecule has 0 atom stereocenters. The van der Waals surface area contributed by atoms with Crippen molar-refractivity contribution in [2.75, 3.05) is 6.54 Å². The third kappa shape index (κ3) is 3.77. The molecule has 1 aliphatic carbocycles. The first kappa shape index (κ1) is 15.9. The molecular weight excluding hydrogens is 274 g/mol. The molecule has 0 saturated heterocycles. The first-order valence-corrected chi connectivity index (χ1v) is 7.61. The molecule has 1 aromatic heterocycles. The van der Waals surface area contributed by atoms with Crippen LogP contribution in [0.15, 0.2) is 12.3 Å². The van der Waals surface area contributed by atoms with Crippen LogP contribution in [0.2, 0.25) is 0 Å². The van der Waals surface area contributed by atoms with Gasteiger partial charge >= 0.3 is 0 Å². The van der Waals surface area contributed by atoms with Crippen LogP contribution in [0.1, 0.15) is 56.3 Å². The Morgan fingerprint density at radius 1 is 1.38 bits per heavy atom. The molecule has 1 aromatic rings. The third-order valence-corrected chi connectivity index (χ3v) is 4.05. The van der Waals surface area contributed by atoms with Crippen LogP contribution in [0, 0.1) is 17.7 Å². The Morgan fingerprint density at radius 3 is 2.67 bits per heavy atom. The summed E-state index contributed by atoms with van der Waals surface area (Å²) in [7, 11) is 0. The summed E-state index contributed by atoms with van der Waals surface area (Å²) in [5.74, 6) is -2.31. The molecular formula is C16H22F2N2O. The van der Waals surface area contributed by atoms with E-state index in [0.29, 0.717) is 12.5 Å². The molecule has 0 aliphatic heterocycles. The average molecular weight is 296 g/mol. The maximum atomic E-state index is 13.8. The maximum Gasteiger partial charge on any atom is 0.257 e. The summed E-state index contributed by atoms with van der Waals surface area (Å²) >= 11 is 0. The monoisotopic (exact) mass is 296 g/mol. The van der Waals surface area contributed by atoms with Gasteiger partial charge in [0, 0.05) is 18.8 Å². The minimum absolute atomic E-state index is 0.145. The van der Waals surface area contributed by atoms with Crippen LogP contribution in [0.4, 0.5) is 8.78 Å². The number of nitrogens with zero attached hydrogens (tertiary/aromatic N) is 2. The molecule has 1 saturated carbocycles. The average Bonchev–Trinajstić information content (AvgIpc) is 2.95. The summed E-state index contributed by atoms with van der Waals surface area (Å²) in [4.78, 5) is 17.6. The van der Waals surface area contributed by atoms with E-state index in [2.05, 4.69) is 18.8 Å². The van der Waals surface area contributed by atoms with Gasteiger partial charge in [-0.3, -0.25) is 4.79 Å². The minimum atomic E-state index is -1.21. The number of rotatable bonds is 5. The highest BCUT2D eigenvalue weighted by Crippen LogP contribution is 2.26. The maximum absolute atomic E-state index is 13.8. The summed E-state index contributed by atoms with van der Waals surface area (Å²) in [6.45, 7) is 4.76. The van der Waals surface area contributed by atoms with Gasteiger partial charge in [-0.15, -0.1) is 0 Å². The zero-order valence-electron chi connectivity index (χ0n) is 12.6. The van der Waals surface area contributed by atoms with Gasteiger partial charge in [-0.25, -0.2) is 9.37 Å². The smallest absolute Gasteiger partial charge is 0.257 e. The second-order valence-corrected chi connectivity index (χ2v) is 6.08. The molecule has 0 radical (unpaired) electrons. The number of hydrogen-bond donors (Lipinski definition) is 0. The van der Waals surface area contributed by atoms with Crippen LogP contribution < -0.4 is 0 Å². The predicted molar refractivity (Wildman–Crippen MR) is 76.9 cm³/mol. The van der Waals surface area contributed by atoms with Crippen molar-refractivity contribution in [1.29, 1.82) is 0 Å². The Hall–Kier alpha value is -1.52. The van der Waals surface area contributed by atoms with Crippen molar-refractivity contribution in [2.24, 2.45) is 5.92 Å². The van der Waals surface area contributed by atoms with Gasteiger partial charge in [0.1, 0.15) is 0 Å². The standard InChI is InChI=1S/C16H22F2N2O/c1-11(2)8-10-20(12-5-3-4-6-12)16(21)13-7-9-19-15(18)14(13)17/h7,9,11-12H,3-6,8,10H2,1-2H3. The quantitative estimate of drug-likeness (QED) is 0.775. The minimum Gasteiger partial charge on any atom is -0.336 e. The fraction of sp³-hybridized carbons (Fsp3) is 0.625. The van der Waals surface area contributed by atoms with Gasteiger partial charge in [0.2, 0.25) is 5.95 Å². The Bertz CT molecular complexity index is 499. The Balaban J connectivity index is 2.22. The molecule has 3 nitrogen and oxygen atoms in total. The van der Waals surface area contributed by atoms with E-state index in [1.165, 1.54) is 6.07 Å². The molecule has 2 rings (SSSR count). The van der Waals surface area contributed by atoms with E-state index >= 15 is 0 Å². The molecule has 0 aromatic carbocycles. The molecule has 5 heteroatoms. The lowest BCUT2D eigenvalue weighted by Crippen LogP contribution is -2.40. The zero-order valence-corrected chi connectivity index (χ0v) is 12.6. The highest BCUT2D eigenvalue weighted by atomic mass is 19.2. The first-order chi connectivity index (χ1) is 10.0. The van der Waals surface area contributed by atoms with E-state index in [1.807, 2.05) is 0 Å². The van der Waals surface area contributed by atoms with Crippen molar-refractivity contribution >= 4 is 5.91 Å². The summed E-state index contributed by atoms with van der Waals surface area (Å²) in [5.41, 5.74) is -0.210. The topological polar surface area (TPSA) is 33.2 Å². The zero-order chi connectivity index (χ0) is 15.4. The van der Waals surface area contributed by atoms with Crippen molar-refractivity contribution in [1.82, 2.24) is 9.88 Å². The molecule has 1 aliphatic rings. The van der Waals surface area contributed by atoms with Crippen LogP contribution in [-0.4, -0.2) is 28.4 Å². The lowest BCUT2D eigenvalue weighted by atomic mass is 10.1. The largest absolute Gasteiger partial charge is 0.336 e. The van der Waals surface area contributed by atoms with Gasteiger partial charge in [0.25, 0.3) is 5.91 Å². The van der Waals surface area contributed by atoms with Crippen molar-refractivity contribution in [3.05, 3.63) is 29.6 Å². The van der Waals surface area contributed by atoms with Gasteiger partial charge in [0.05, 0.1) is 5.56 Å². The number of halogens is 2. The second kappa shape index (κ2) is 6.96. The summed E-state index contributed by atoms with van der Waals surface area (Å²) in [6, 6.07) is 1.41. The summed E-state index contributed by atoms with van der Waals surface area (Å²) < 4.78 is 27.1. The highest BCUT2D eigenvalue weighted by Gasteiger charge is 2.29. The van der Waals surface area contributed by atoms with Crippen molar-refractivity contribution < 1.29 is 13.6 Å². The highest BCUT2D eigenvalue weighted by molar-refractivity contribution is 5.94. The SMILES string of the molecule is CC(C)CCN(C(=O)c1ccnc(F)c1F)C1CCCC1. The molecule has 0 spiro atoms. The number of aromatic nitrogens is 1. The number of pyridine rings is 1. The third-order valence-electron chi connectivity index (χ3n) is 4.05. The van der Waals surface area contributed by atoms with Gasteiger partial charge in [-0.05, 0) is 31.2 Å². The molecule has 21 heavy (non-hydrogen) atoms. The van der Waals surface area contributed by atoms with Crippen molar-refractivity contribution in [3.8, 4) is 0 Å². The van der Waals surface area contributed by atoms with Crippen molar-refractivity contribution in [2.45, 2.75) is 52.0 Å². The van der Waals surface area contributed by atoms with Gasteiger partial charge in [-0.1, -0.05) is 26.7 Å². The fourth-order valence-corrected chi connectivity index (χ4v) is 2.80. The number of carbonyl (C=O) groups is 1. The van der Waals surface area contributed by atoms with E-state index < -0.39 is 17.7 Å². The van der Waals surface area contributed by atoms with Crippen LogP contribution in [0.25, 0.3) is 0 Å². The molecule has 1 amide bonds. The van der Waals surface area contributed by atoms with E-state index in [0.717, 1.165) is 38.3 Å². The van der Waals surface area contributed by atoms with Crippen LogP contribution >= 0.6 is 0 Å². The molecule has 116 valence electrons.